The number of hydrogen-bond acceptors (Lipinski definition) is 6. The molecule has 182 valence electrons. The van der Waals surface area contributed by atoms with Crippen LogP contribution in [0.15, 0.2) is 30.3 Å². The van der Waals surface area contributed by atoms with Crippen LogP contribution < -0.4 is 5.32 Å². The molecule has 2 aliphatic rings. The molecule has 10 heteroatoms. The largest absolute Gasteiger partial charge is 0.447 e. The summed E-state index contributed by atoms with van der Waals surface area (Å²) in [6.07, 6.45) is 2.87. The number of aromatic nitrogens is 4. The first-order valence-electron chi connectivity index (χ1n) is 11.9. The molecule has 0 fully saturated rings. The molecule has 0 radical (unpaired) electrons. The van der Waals surface area contributed by atoms with Crippen molar-refractivity contribution in [3.05, 3.63) is 58.7 Å². The summed E-state index contributed by atoms with van der Waals surface area (Å²) in [7, 11) is 0. The van der Waals surface area contributed by atoms with E-state index >= 15 is 0 Å². The van der Waals surface area contributed by atoms with Gasteiger partial charge in [0.25, 0.3) is 5.91 Å². The highest BCUT2D eigenvalue weighted by Crippen LogP contribution is 2.25. The number of amides is 2. The highest BCUT2D eigenvalue weighted by atomic mass is 19.1. The molecule has 0 aliphatic carbocycles. The van der Waals surface area contributed by atoms with E-state index in [1.54, 1.807) is 30.9 Å². The highest BCUT2D eigenvalue weighted by Gasteiger charge is 2.25. The van der Waals surface area contributed by atoms with Crippen LogP contribution in [0.5, 0.6) is 0 Å². The molecule has 35 heavy (non-hydrogen) atoms. The van der Waals surface area contributed by atoms with Crippen molar-refractivity contribution in [3.8, 4) is 11.5 Å². The van der Waals surface area contributed by atoms with Crippen LogP contribution in [0, 0.1) is 5.82 Å². The van der Waals surface area contributed by atoms with Gasteiger partial charge in [-0.15, -0.1) is 10.2 Å². The Morgan fingerprint density at radius 2 is 1.94 bits per heavy atom. The van der Waals surface area contributed by atoms with Gasteiger partial charge in [-0.2, -0.15) is 0 Å². The normalized spacial score (nSPS) is 14.9. The van der Waals surface area contributed by atoms with E-state index in [9.17, 15) is 14.0 Å². The van der Waals surface area contributed by atoms with E-state index in [0.717, 1.165) is 42.8 Å². The molecule has 2 aliphatic heterocycles. The molecular weight excluding hydrogens is 451 g/mol. The summed E-state index contributed by atoms with van der Waals surface area (Å²) in [6.45, 7) is 5.10. The number of hydrogen-bond donors (Lipinski definition) is 1. The van der Waals surface area contributed by atoms with Crippen molar-refractivity contribution in [3.63, 3.8) is 0 Å². The molecule has 4 heterocycles. The van der Waals surface area contributed by atoms with E-state index in [0.29, 0.717) is 30.3 Å². The van der Waals surface area contributed by atoms with Crippen LogP contribution in [0.3, 0.4) is 0 Å². The summed E-state index contributed by atoms with van der Waals surface area (Å²) in [4.78, 5) is 31.4. The third-order valence-corrected chi connectivity index (χ3v) is 6.22. The smallest absolute Gasteiger partial charge is 0.410 e. The number of carbonyl (C=O) groups is 2. The van der Waals surface area contributed by atoms with Gasteiger partial charge in [0.05, 0.1) is 11.7 Å². The number of nitrogens with one attached hydrogen (secondary N) is 1. The molecule has 0 spiro atoms. The van der Waals surface area contributed by atoms with Crippen molar-refractivity contribution in [1.82, 2.24) is 24.6 Å². The summed E-state index contributed by atoms with van der Waals surface area (Å²) in [6, 6.07) is 8.11. The minimum Gasteiger partial charge on any atom is -0.447 e. The van der Waals surface area contributed by atoms with Crippen molar-refractivity contribution >= 4 is 17.8 Å². The van der Waals surface area contributed by atoms with Gasteiger partial charge in [-0.1, -0.05) is 6.07 Å². The number of carbonyl (C=O) groups excluding carboxylic acids is 2. The molecule has 0 bridgehead atoms. The van der Waals surface area contributed by atoms with Gasteiger partial charge >= 0.3 is 6.09 Å². The molecule has 0 saturated carbocycles. The zero-order valence-electron chi connectivity index (χ0n) is 19.8. The minimum absolute atomic E-state index is 0.102. The molecule has 0 unspecified atom stereocenters. The Morgan fingerprint density at radius 3 is 2.77 bits per heavy atom. The monoisotopic (exact) mass is 478 g/mol. The maximum absolute atomic E-state index is 14.8. The van der Waals surface area contributed by atoms with Crippen LogP contribution >= 0.6 is 0 Å². The number of fused-ring (bicyclic) bond motifs is 2. The number of ether oxygens (including phenoxy) is 1. The van der Waals surface area contributed by atoms with Crippen LogP contribution in [0.2, 0.25) is 0 Å². The van der Waals surface area contributed by atoms with E-state index in [1.165, 1.54) is 12.1 Å². The minimum atomic E-state index is -0.611. The topological polar surface area (TPSA) is 102 Å². The molecule has 9 nitrogen and oxygen atoms in total. The Kier molecular flexibility index (Phi) is 6.19. The average Bonchev–Trinajstić information content (AvgIpc) is 3.27. The molecule has 5 rings (SSSR count). The zero-order valence-corrected chi connectivity index (χ0v) is 19.8. The van der Waals surface area contributed by atoms with Crippen molar-refractivity contribution in [2.75, 3.05) is 11.9 Å². The second-order valence-electron chi connectivity index (χ2n) is 9.12. The van der Waals surface area contributed by atoms with Gasteiger partial charge in [-0.05, 0) is 68.5 Å². The number of rotatable bonds is 4. The number of halogens is 1. The molecule has 1 aromatic carbocycles. The standard InChI is InChI=1S/C25H27FN6O3/c1-15(2)35-25(34)31-11-9-16-13-19(26)18(12-17(16)14-31)24(33)28-21-7-5-6-20(27-21)23-30-29-22-8-3-4-10-32(22)23/h5-7,12-13,15H,3-4,8-11,14H2,1-2H3,(H,27,28,33). The predicted molar refractivity (Wildman–Crippen MR) is 126 cm³/mol. The number of benzene rings is 1. The SMILES string of the molecule is CC(C)OC(=O)N1CCc2cc(F)c(C(=O)Nc3cccc(-c4nnc5n4CCCC5)n3)cc2C1. The van der Waals surface area contributed by atoms with Gasteiger partial charge < -0.3 is 19.5 Å². The number of anilines is 1. The molecule has 0 saturated heterocycles. The fourth-order valence-corrected chi connectivity index (χ4v) is 4.50. The van der Waals surface area contributed by atoms with Gasteiger partial charge in [0.1, 0.15) is 23.2 Å². The molecule has 1 N–H and O–H groups in total. The summed E-state index contributed by atoms with van der Waals surface area (Å²) >= 11 is 0. The van der Waals surface area contributed by atoms with Gasteiger partial charge in [-0.25, -0.2) is 14.2 Å². The van der Waals surface area contributed by atoms with Gasteiger partial charge in [-0.3, -0.25) is 4.79 Å². The van der Waals surface area contributed by atoms with Gasteiger partial charge in [0.2, 0.25) is 0 Å². The zero-order chi connectivity index (χ0) is 24.5. The van der Waals surface area contributed by atoms with Crippen LogP contribution in [0.1, 0.15) is 54.0 Å². The van der Waals surface area contributed by atoms with E-state index in [4.69, 9.17) is 4.74 Å². The lowest BCUT2D eigenvalue weighted by molar-refractivity contribution is 0.0730. The van der Waals surface area contributed by atoms with Crippen molar-refractivity contribution in [2.45, 2.75) is 58.7 Å². The number of pyridine rings is 1. The van der Waals surface area contributed by atoms with Crippen molar-refractivity contribution in [2.24, 2.45) is 0 Å². The lowest BCUT2D eigenvalue weighted by atomic mass is 9.97. The fourth-order valence-electron chi connectivity index (χ4n) is 4.50. The van der Waals surface area contributed by atoms with E-state index in [1.807, 2.05) is 6.07 Å². The van der Waals surface area contributed by atoms with E-state index in [2.05, 4.69) is 25.1 Å². The quantitative estimate of drug-likeness (QED) is 0.609. The summed E-state index contributed by atoms with van der Waals surface area (Å²) in [5, 5.41) is 11.2. The van der Waals surface area contributed by atoms with Gasteiger partial charge in [0.15, 0.2) is 5.82 Å². The van der Waals surface area contributed by atoms with Crippen molar-refractivity contribution < 1.29 is 18.7 Å². The first kappa shape index (κ1) is 22.9. The Hall–Kier alpha value is -3.82. The van der Waals surface area contributed by atoms with Crippen LogP contribution in [-0.2, 0) is 30.7 Å². The summed E-state index contributed by atoms with van der Waals surface area (Å²) in [5.41, 5.74) is 1.99. The Morgan fingerprint density at radius 1 is 1.09 bits per heavy atom. The van der Waals surface area contributed by atoms with Crippen LogP contribution in [0.4, 0.5) is 15.0 Å². The second-order valence-corrected chi connectivity index (χ2v) is 9.12. The third-order valence-electron chi connectivity index (χ3n) is 6.22. The molecule has 0 atom stereocenters. The van der Waals surface area contributed by atoms with E-state index in [-0.39, 0.29) is 18.2 Å². The Balaban J connectivity index is 1.35. The molecule has 2 aromatic heterocycles. The van der Waals surface area contributed by atoms with E-state index < -0.39 is 17.8 Å². The Bertz CT molecular complexity index is 1290. The second kappa shape index (κ2) is 9.44. The number of aryl methyl sites for hydroxylation is 1. The maximum atomic E-state index is 14.8. The molecule has 2 amide bonds. The summed E-state index contributed by atoms with van der Waals surface area (Å²) in [5.74, 6) is 0.663. The van der Waals surface area contributed by atoms with Crippen LogP contribution in [0.25, 0.3) is 11.5 Å². The highest BCUT2D eigenvalue weighted by molar-refractivity contribution is 6.04. The Labute approximate surface area is 202 Å². The van der Waals surface area contributed by atoms with Crippen LogP contribution in [-0.4, -0.2) is 49.3 Å². The average molecular weight is 479 g/mol. The van der Waals surface area contributed by atoms with Crippen molar-refractivity contribution in [1.29, 1.82) is 0 Å². The summed E-state index contributed by atoms with van der Waals surface area (Å²) < 4.78 is 22.2. The lowest BCUT2D eigenvalue weighted by Crippen LogP contribution is -2.37. The predicted octanol–water partition coefficient (Wildman–Crippen LogP) is 3.97. The maximum Gasteiger partial charge on any atom is 0.410 e. The third kappa shape index (κ3) is 4.73. The molecular formula is C25H27FN6O3. The lowest BCUT2D eigenvalue weighted by Gasteiger charge is -2.29. The first-order valence-corrected chi connectivity index (χ1v) is 11.9. The van der Waals surface area contributed by atoms with Gasteiger partial charge in [0, 0.05) is 26.1 Å². The fraction of sp³-hybridized carbons (Fsp3) is 0.400. The molecule has 3 aromatic rings. The first-order chi connectivity index (χ1) is 16.9. The number of nitrogens with zero attached hydrogens (tertiary/aromatic N) is 5.